The molecular weight excluding hydrogens is 246 g/mol. The van der Waals surface area contributed by atoms with Crippen molar-refractivity contribution in [1.29, 1.82) is 0 Å². The molecule has 0 aromatic carbocycles. The average Bonchev–Trinajstić information content (AvgIpc) is 2.15. The summed E-state index contributed by atoms with van der Waals surface area (Å²) in [5, 5.41) is 11.0. The highest BCUT2D eigenvalue weighted by Gasteiger charge is 2.21. The molecule has 100 valence electrons. The van der Waals surface area contributed by atoms with Gasteiger partial charge in [-0.05, 0) is 13.8 Å². The lowest BCUT2D eigenvalue weighted by atomic mass is 10.3. The quantitative estimate of drug-likeness (QED) is 0.631. The fourth-order valence-corrected chi connectivity index (χ4v) is 2.11. The minimum Gasteiger partial charge on any atom is -0.480 e. The summed E-state index contributed by atoms with van der Waals surface area (Å²) in [4.78, 5) is 21.5. The summed E-state index contributed by atoms with van der Waals surface area (Å²) < 4.78 is 16.7. The van der Waals surface area contributed by atoms with Crippen LogP contribution in [0.1, 0.15) is 20.8 Å². The SMILES string of the molecule is CC(=O)NC(CS(=O)CCOC(C)C)C(=O)O. The van der Waals surface area contributed by atoms with E-state index in [9.17, 15) is 13.8 Å². The fourth-order valence-electron chi connectivity index (χ4n) is 1.07. The standard InChI is InChI=1S/C10H19NO5S/c1-7(2)16-4-5-17(15)6-9(10(13)14)11-8(3)12/h7,9H,4-6H2,1-3H3,(H,11,12)(H,13,14). The van der Waals surface area contributed by atoms with Gasteiger partial charge in [-0.2, -0.15) is 0 Å². The molecule has 2 atom stereocenters. The molecule has 17 heavy (non-hydrogen) atoms. The highest BCUT2D eigenvalue weighted by atomic mass is 32.2. The molecule has 0 aliphatic heterocycles. The summed E-state index contributed by atoms with van der Waals surface area (Å²) in [7, 11) is -1.32. The molecule has 0 saturated carbocycles. The molecule has 0 aromatic heterocycles. The number of carboxylic acids is 1. The van der Waals surface area contributed by atoms with E-state index in [1.54, 1.807) is 0 Å². The number of ether oxygens (including phenoxy) is 1. The van der Waals surface area contributed by atoms with E-state index < -0.39 is 28.7 Å². The Morgan fingerprint density at radius 2 is 2.00 bits per heavy atom. The number of amides is 1. The molecule has 0 fully saturated rings. The first kappa shape index (κ1) is 16.1. The van der Waals surface area contributed by atoms with Crippen molar-refractivity contribution in [1.82, 2.24) is 5.32 Å². The van der Waals surface area contributed by atoms with Crippen molar-refractivity contribution in [2.75, 3.05) is 18.1 Å². The predicted octanol–water partition coefficient (Wildman–Crippen LogP) is -0.251. The van der Waals surface area contributed by atoms with Crippen LogP contribution in [-0.2, 0) is 25.1 Å². The molecule has 7 heteroatoms. The Balaban J connectivity index is 4.04. The maximum Gasteiger partial charge on any atom is 0.327 e. The van der Waals surface area contributed by atoms with E-state index in [-0.39, 0.29) is 17.6 Å². The average molecular weight is 265 g/mol. The van der Waals surface area contributed by atoms with Gasteiger partial charge in [0.15, 0.2) is 0 Å². The van der Waals surface area contributed by atoms with Crippen molar-refractivity contribution in [2.24, 2.45) is 0 Å². The molecular formula is C10H19NO5S. The van der Waals surface area contributed by atoms with E-state index in [4.69, 9.17) is 9.84 Å². The molecule has 6 nitrogen and oxygen atoms in total. The van der Waals surface area contributed by atoms with Gasteiger partial charge in [-0.25, -0.2) is 4.79 Å². The van der Waals surface area contributed by atoms with E-state index in [0.717, 1.165) is 0 Å². The van der Waals surface area contributed by atoms with Crippen LogP contribution in [0.5, 0.6) is 0 Å². The predicted molar refractivity (Wildman–Crippen MR) is 64.2 cm³/mol. The van der Waals surface area contributed by atoms with E-state index >= 15 is 0 Å². The van der Waals surface area contributed by atoms with Crippen molar-refractivity contribution < 1.29 is 23.6 Å². The van der Waals surface area contributed by atoms with Gasteiger partial charge in [0, 0.05) is 23.5 Å². The van der Waals surface area contributed by atoms with Crippen LogP contribution in [0.2, 0.25) is 0 Å². The Morgan fingerprint density at radius 1 is 1.41 bits per heavy atom. The molecule has 1 amide bonds. The van der Waals surface area contributed by atoms with Crippen LogP contribution in [0.4, 0.5) is 0 Å². The first-order valence-corrected chi connectivity index (χ1v) is 6.78. The molecule has 0 aliphatic rings. The number of nitrogens with one attached hydrogen (secondary N) is 1. The van der Waals surface area contributed by atoms with E-state index in [0.29, 0.717) is 6.61 Å². The maximum atomic E-state index is 11.5. The summed E-state index contributed by atoms with van der Waals surface area (Å²) in [6.07, 6.45) is 0.0533. The minimum absolute atomic E-state index is 0.0533. The van der Waals surface area contributed by atoms with Crippen molar-refractivity contribution in [3.63, 3.8) is 0 Å². The lowest BCUT2D eigenvalue weighted by molar-refractivity contribution is -0.140. The van der Waals surface area contributed by atoms with Gasteiger partial charge in [0.2, 0.25) is 5.91 Å². The molecule has 2 N–H and O–H groups in total. The molecule has 0 aromatic rings. The van der Waals surface area contributed by atoms with Crippen molar-refractivity contribution in [2.45, 2.75) is 32.9 Å². The number of carbonyl (C=O) groups excluding carboxylic acids is 1. The third-order valence-corrected chi connectivity index (χ3v) is 3.12. The van der Waals surface area contributed by atoms with E-state index in [1.165, 1.54) is 6.92 Å². The zero-order valence-electron chi connectivity index (χ0n) is 10.3. The van der Waals surface area contributed by atoms with Gasteiger partial charge in [-0.1, -0.05) is 0 Å². The van der Waals surface area contributed by atoms with Crippen LogP contribution in [0.3, 0.4) is 0 Å². The number of rotatable bonds is 8. The topological polar surface area (TPSA) is 92.7 Å². The Hall–Kier alpha value is -0.950. The highest BCUT2D eigenvalue weighted by Crippen LogP contribution is 1.94. The highest BCUT2D eigenvalue weighted by molar-refractivity contribution is 7.85. The van der Waals surface area contributed by atoms with Crippen LogP contribution in [0.15, 0.2) is 0 Å². The Bertz CT molecular complexity index is 292. The van der Waals surface area contributed by atoms with Gasteiger partial charge in [0.25, 0.3) is 0 Å². The second-order valence-electron chi connectivity index (χ2n) is 3.82. The minimum atomic E-state index is -1.32. The molecule has 0 aliphatic carbocycles. The summed E-state index contributed by atoms with van der Waals surface area (Å²) in [5.41, 5.74) is 0. The van der Waals surface area contributed by atoms with Gasteiger partial charge < -0.3 is 15.2 Å². The lowest BCUT2D eigenvalue weighted by Gasteiger charge is -2.13. The van der Waals surface area contributed by atoms with Crippen molar-refractivity contribution in [3.8, 4) is 0 Å². The van der Waals surface area contributed by atoms with Crippen LogP contribution in [0.25, 0.3) is 0 Å². The third kappa shape index (κ3) is 8.82. The Labute approximate surface area is 103 Å². The van der Waals surface area contributed by atoms with Crippen LogP contribution in [0, 0.1) is 0 Å². The lowest BCUT2D eigenvalue weighted by Crippen LogP contribution is -2.43. The zero-order valence-corrected chi connectivity index (χ0v) is 11.1. The first-order valence-electron chi connectivity index (χ1n) is 5.29. The summed E-state index contributed by atoms with van der Waals surface area (Å²) in [5.74, 6) is -1.47. The van der Waals surface area contributed by atoms with Gasteiger partial charge in [0.1, 0.15) is 6.04 Å². The van der Waals surface area contributed by atoms with Gasteiger partial charge in [-0.15, -0.1) is 0 Å². The molecule has 0 radical (unpaired) electrons. The number of hydrogen-bond acceptors (Lipinski definition) is 4. The molecule has 0 spiro atoms. The normalized spacial score (nSPS) is 14.4. The zero-order chi connectivity index (χ0) is 13.4. The van der Waals surface area contributed by atoms with Crippen molar-refractivity contribution >= 4 is 22.7 Å². The fraction of sp³-hybridized carbons (Fsp3) is 0.800. The summed E-state index contributed by atoms with van der Waals surface area (Å²) in [6, 6.07) is -1.10. The molecule has 0 rings (SSSR count). The maximum absolute atomic E-state index is 11.5. The van der Waals surface area contributed by atoms with Crippen molar-refractivity contribution in [3.05, 3.63) is 0 Å². The van der Waals surface area contributed by atoms with Gasteiger partial charge >= 0.3 is 5.97 Å². The van der Waals surface area contributed by atoms with Gasteiger partial charge in [-0.3, -0.25) is 9.00 Å². The van der Waals surface area contributed by atoms with E-state index in [2.05, 4.69) is 5.32 Å². The van der Waals surface area contributed by atoms with Crippen LogP contribution >= 0.6 is 0 Å². The molecule has 0 saturated heterocycles. The van der Waals surface area contributed by atoms with Gasteiger partial charge in [0.05, 0.1) is 18.5 Å². The third-order valence-electron chi connectivity index (χ3n) is 1.79. The van der Waals surface area contributed by atoms with E-state index in [1.807, 2.05) is 13.8 Å². The largest absolute Gasteiger partial charge is 0.480 e. The Morgan fingerprint density at radius 3 is 2.41 bits per heavy atom. The molecule has 0 bridgehead atoms. The van der Waals surface area contributed by atoms with Crippen LogP contribution < -0.4 is 5.32 Å². The summed E-state index contributed by atoms with van der Waals surface area (Å²) in [6.45, 7) is 5.26. The number of carboxylic acid groups (broad SMARTS) is 1. The molecule has 2 unspecified atom stereocenters. The summed E-state index contributed by atoms with van der Waals surface area (Å²) >= 11 is 0. The van der Waals surface area contributed by atoms with Crippen LogP contribution in [-0.4, -0.2) is 51.5 Å². The molecule has 0 heterocycles. The monoisotopic (exact) mass is 265 g/mol. The number of hydrogen-bond donors (Lipinski definition) is 2. The Kier molecular flexibility index (Phi) is 7.73. The first-order chi connectivity index (χ1) is 7.82. The smallest absolute Gasteiger partial charge is 0.327 e. The number of aliphatic carboxylic acids is 1. The number of carbonyl (C=O) groups is 2. The second-order valence-corrected chi connectivity index (χ2v) is 5.44. The second kappa shape index (κ2) is 8.19.